The number of benzene rings is 4. The van der Waals surface area contributed by atoms with Crippen molar-refractivity contribution < 1.29 is 38.9 Å². The molecule has 2 amide bonds. The number of nitrogens with zero attached hydrogens (tertiary/aromatic N) is 2. The van der Waals surface area contributed by atoms with Gasteiger partial charge in [0.25, 0.3) is 5.91 Å². The summed E-state index contributed by atoms with van der Waals surface area (Å²) in [5, 5.41) is 22.9. The lowest BCUT2D eigenvalue weighted by atomic mass is 9.65. The van der Waals surface area contributed by atoms with Crippen molar-refractivity contribution in [2.75, 3.05) is 39.3 Å². The number of hydrogen-bond acceptors (Lipinski definition) is 9. The van der Waals surface area contributed by atoms with Crippen LogP contribution in [0.3, 0.4) is 0 Å². The fraction of sp³-hybridized carbons (Fsp3) is 0.293. The number of carbonyl (C=O) groups excluding carboxylic acids is 3. The van der Waals surface area contributed by atoms with Crippen LogP contribution in [0.1, 0.15) is 52.4 Å². The first-order valence-corrected chi connectivity index (χ1v) is 17.1. The molecule has 6 atom stereocenters. The van der Waals surface area contributed by atoms with Crippen LogP contribution in [0.2, 0.25) is 0 Å². The maximum absolute atomic E-state index is 15.1. The van der Waals surface area contributed by atoms with E-state index < -0.39 is 53.3 Å². The van der Waals surface area contributed by atoms with Gasteiger partial charge >= 0.3 is 5.97 Å². The monoisotopic (exact) mass is 701 g/mol. The van der Waals surface area contributed by atoms with E-state index in [1.165, 1.54) is 14.2 Å². The van der Waals surface area contributed by atoms with E-state index in [9.17, 15) is 19.8 Å². The summed E-state index contributed by atoms with van der Waals surface area (Å²) in [6.45, 7) is -0.177. The van der Waals surface area contributed by atoms with Crippen LogP contribution in [0.4, 0.5) is 5.69 Å². The van der Waals surface area contributed by atoms with Gasteiger partial charge < -0.3 is 25.0 Å². The lowest BCUT2D eigenvalue weighted by molar-refractivity contribution is -0.187. The topological polar surface area (TPSA) is 138 Å². The molecule has 2 saturated heterocycles. The largest absolute Gasteiger partial charge is 0.491 e. The number of hydrogen-bond donors (Lipinski definition) is 3. The van der Waals surface area contributed by atoms with E-state index in [2.05, 4.69) is 17.2 Å². The zero-order valence-electron chi connectivity index (χ0n) is 28.8. The molecule has 1 unspecified atom stereocenters. The number of ether oxygens (including phenoxy) is 2. The Kier molecular flexibility index (Phi) is 9.81. The van der Waals surface area contributed by atoms with E-state index in [1.807, 2.05) is 77.7 Å². The standard InChI is InChI=1S/C41H39N3O8/c1-43(50-2)38(47)33-35-39(48)52-36(28-14-7-4-8-15-28)34(27-12-5-3-6-13-27)44(35)37(29-17-19-30(20-18-29)51-24-23-46)41(33)31-25-26(11-9-10-22-45)16-21-32(31)42-40(41)49/h3-8,12-21,25,33-37,45-46H,10,22-24H2,1-2H3,(H,42,49)/t33-,34-,35?,36+,37+,41-/m1/s1. The average molecular weight is 702 g/mol. The third kappa shape index (κ3) is 5.80. The number of esters is 1. The van der Waals surface area contributed by atoms with Crippen LogP contribution >= 0.6 is 0 Å². The van der Waals surface area contributed by atoms with Crippen LogP contribution in [-0.2, 0) is 29.4 Å². The first kappa shape index (κ1) is 34.9. The summed E-state index contributed by atoms with van der Waals surface area (Å²) < 4.78 is 12.1. The van der Waals surface area contributed by atoms with E-state index in [0.717, 1.165) is 16.2 Å². The molecule has 3 aliphatic heterocycles. The van der Waals surface area contributed by atoms with Gasteiger partial charge in [-0.25, -0.2) is 5.06 Å². The number of cyclic esters (lactones) is 1. The SMILES string of the molecule is CON(C)C(=O)[C@H]1C2C(=O)O[C@@H](c3ccccc3)[C@@H](c3ccccc3)N2[C@@H](c2ccc(OCCO)cc2)[C@]12C(=O)Nc1ccc(C#CCCO)cc12. The predicted molar refractivity (Wildman–Crippen MR) is 190 cm³/mol. The smallest absolute Gasteiger partial charge is 0.324 e. The zero-order chi connectivity index (χ0) is 36.4. The summed E-state index contributed by atoms with van der Waals surface area (Å²) in [6.07, 6.45) is -0.541. The summed E-state index contributed by atoms with van der Waals surface area (Å²) in [7, 11) is 2.82. The molecule has 3 aliphatic rings. The van der Waals surface area contributed by atoms with Gasteiger partial charge in [0.15, 0.2) is 0 Å². The van der Waals surface area contributed by atoms with Gasteiger partial charge in [-0.05, 0) is 52.6 Å². The molecule has 52 heavy (non-hydrogen) atoms. The fourth-order valence-electron chi connectivity index (χ4n) is 8.07. The average Bonchev–Trinajstić information content (AvgIpc) is 3.65. The molecule has 0 saturated carbocycles. The van der Waals surface area contributed by atoms with Crippen molar-refractivity contribution in [2.24, 2.45) is 5.92 Å². The molecule has 2 fully saturated rings. The van der Waals surface area contributed by atoms with Crippen molar-refractivity contribution in [2.45, 2.75) is 36.1 Å². The second-order valence-electron chi connectivity index (χ2n) is 12.9. The van der Waals surface area contributed by atoms with Crippen LogP contribution < -0.4 is 10.1 Å². The number of aliphatic hydroxyl groups is 2. The summed E-state index contributed by atoms with van der Waals surface area (Å²) in [5.41, 5.74) is 2.12. The van der Waals surface area contributed by atoms with Crippen molar-refractivity contribution in [1.29, 1.82) is 0 Å². The van der Waals surface area contributed by atoms with Crippen molar-refractivity contribution >= 4 is 23.5 Å². The summed E-state index contributed by atoms with van der Waals surface area (Å²) in [6, 6.07) is 28.8. The van der Waals surface area contributed by atoms with Crippen molar-refractivity contribution in [1.82, 2.24) is 9.96 Å². The molecule has 11 nitrogen and oxygen atoms in total. The Morgan fingerprint density at radius 1 is 0.904 bits per heavy atom. The highest BCUT2D eigenvalue weighted by Crippen LogP contribution is 2.65. The Morgan fingerprint density at radius 3 is 2.25 bits per heavy atom. The number of rotatable bonds is 9. The molecule has 3 N–H and O–H groups in total. The first-order chi connectivity index (χ1) is 25.3. The Hall–Kier alpha value is -5.51. The second-order valence-corrected chi connectivity index (χ2v) is 12.9. The van der Waals surface area contributed by atoms with Gasteiger partial charge in [-0.3, -0.25) is 24.1 Å². The van der Waals surface area contributed by atoms with Crippen molar-refractivity contribution in [3.8, 4) is 17.6 Å². The number of hydroxylamine groups is 2. The maximum Gasteiger partial charge on any atom is 0.324 e. The number of nitrogens with one attached hydrogen (secondary N) is 1. The van der Waals surface area contributed by atoms with E-state index in [-0.39, 0.29) is 26.2 Å². The third-order valence-electron chi connectivity index (χ3n) is 10.2. The third-order valence-corrected chi connectivity index (χ3v) is 10.2. The number of fused-ring (bicyclic) bond motifs is 3. The molecule has 4 aromatic rings. The Morgan fingerprint density at radius 2 is 1.60 bits per heavy atom. The predicted octanol–water partition coefficient (Wildman–Crippen LogP) is 4.08. The highest BCUT2D eigenvalue weighted by Gasteiger charge is 2.74. The zero-order valence-corrected chi connectivity index (χ0v) is 28.8. The minimum atomic E-state index is -1.69. The van der Waals surface area contributed by atoms with Crippen LogP contribution in [0.5, 0.6) is 5.75 Å². The summed E-state index contributed by atoms with van der Waals surface area (Å²) in [5.74, 6) is 3.54. The van der Waals surface area contributed by atoms with Crippen molar-refractivity contribution in [3.63, 3.8) is 0 Å². The van der Waals surface area contributed by atoms with Gasteiger partial charge in [0, 0.05) is 24.7 Å². The normalized spacial score (nSPS) is 24.7. The van der Waals surface area contributed by atoms with E-state index in [0.29, 0.717) is 28.1 Å². The molecule has 0 aromatic heterocycles. The van der Waals surface area contributed by atoms with Crippen LogP contribution in [0.15, 0.2) is 103 Å². The number of anilines is 1. The van der Waals surface area contributed by atoms with Crippen LogP contribution in [0, 0.1) is 17.8 Å². The van der Waals surface area contributed by atoms with Gasteiger partial charge in [-0.15, -0.1) is 0 Å². The number of morpholine rings is 1. The molecule has 4 aromatic carbocycles. The fourth-order valence-corrected chi connectivity index (χ4v) is 8.07. The highest BCUT2D eigenvalue weighted by molar-refractivity contribution is 6.12. The number of aliphatic hydroxyl groups excluding tert-OH is 2. The molecule has 1 spiro atoms. The first-order valence-electron chi connectivity index (χ1n) is 17.1. The van der Waals surface area contributed by atoms with E-state index >= 15 is 4.79 Å². The molecular weight excluding hydrogens is 662 g/mol. The molecule has 0 radical (unpaired) electrons. The molecule has 0 aliphatic carbocycles. The van der Waals surface area contributed by atoms with Crippen LogP contribution in [-0.4, -0.2) is 78.0 Å². The van der Waals surface area contributed by atoms with E-state index in [1.54, 1.807) is 30.3 Å². The van der Waals surface area contributed by atoms with Gasteiger partial charge in [-0.2, -0.15) is 0 Å². The molecule has 3 heterocycles. The summed E-state index contributed by atoms with van der Waals surface area (Å²) in [4.78, 5) is 52.0. The van der Waals surface area contributed by atoms with Crippen molar-refractivity contribution in [3.05, 3.63) is 131 Å². The molecular formula is C41H39N3O8. The van der Waals surface area contributed by atoms with Gasteiger partial charge in [0.05, 0.1) is 38.3 Å². The lowest BCUT2D eigenvalue weighted by Gasteiger charge is -2.46. The molecule has 0 bridgehead atoms. The van der Waals surface area contributed by atoms with Crippen LogP contribution in [0.25, 0.3) is 0 Å². The lowest BCUT2D eigenvalue weighted by Crippen LogP contribution is -2.54. The Labute approximate surface area is 301 Å². The van der Waals surface area contributed by atoms with E-state index in [4.69, 9.17) is 14.3 Å². The second kappa shape index (κ2) is 14.6. The molecule has 11 heteroatoms. The summed E-state index contributed by atoms with van der Waals surface area (Å²) >= 11 is 0. The Bertz CT molecular complexity index is 2010. The molecule has 266 valence electrons. The number of amides is 2. The minimum Gasteiger partial charge on any atom is -0.491 e. The maximum atomic E-state index is 15.1. The highest BCUT2D eigenvalue weighted by atomic mass is 16.7. The van der Waals surface area contributed by atoms with Gasteiger partial charge in [0.2, 0.25) is 5.91 Å². The molecule has 7 rings (SSSR count). The minimum absolute atomic E-state index is 0.0946. The Balaban J connectivity index is 1.55. The van der Waals surface area contributed by atoms with Gasteiger partial charge in [-0.1, -0.05) is 84.6 Å². The van der Waals surface area contributed by atoms with Gasteiger partial charge in [0.1, 0.15) is 29.9 Å². The number of carbonyl (C=O) groups is 3. The quantitative estimate of drug-likeness (QED) is 0.134.